The maximum atomic E-state index is 12.4. The molecule has 4 N–H and O–H groups in total. The number of anilines is 2. The molecule has 1 aliphatic carbocycles. The molecule has 4 amide bonds. The van der Waals surface area contributed by atoms with E-state index in [0.717, 1.165) is 17.7 Å². The van der Waals surface area contributed by atoms with E-state index in [9.17, 15) is 14.4 Å². The van der Waals surface area contributed by atoms with Crippen LogP contribution in [-0.4, -0.2) is 34.8 Å². The van der Waals surface area contributed by atoms with Crippen LogP contribution in [0.15, 0.2) is 24.3 Å². The van der Waals surface area contributed by atoms with Gasteiger partial charge in [0.2, 0.25) is 5.91 Å². The lowest BCUT2D eigenvalue weighted by molar-refractivity contribution is -0.134. The van der Waals surface area contributed by atoms with E-state index in [1.807, 2.05) is 0 Å². The molecule has 7 nitrogen and oxygen atoms in total. The standard InChI is InChI=1S/C15H18N4O3/c1-15(9-6-7-9)13(21)19(14(22)18-15)8-12(20)17-11-5-3-2-4-10(11)16/h2-5,9H,6-8,16H2,1H3,(H,17,20)(H,18,22). The van der Waals surface area contributed by atoms with Gasteiger partial charge < -0.3 is 16.4 Å². The number of nitrogens with two attached hydrogens (primary N) is 1. The van der Waals surface area contributed by atoms with Crippen molar-refractivity contribution in [1.29, 1.82) is 0 Å². The van der Waals surface area contributed by atoms with Gasteiger partial charge in [-0.05, 0) is 37.8 Å². The Bertz CT molecular complexity index is 656. The second-order valence-electron chi connectivity index (χ2n) is 5.93. The number of amides is 4. The molecule has 0 bridgehead atoms. The molecule has 2 fully saturated rings. The number of nitrogen functional groups attached to an aromatic ring is 1. The highest BCUT2D eigenvalue weighted by Gasteiger charge is 2.56. The number of urea groups is 1. The lowest BCUT2D eigenvalue weighted by atomic mass is 9.96. The Morgan fingerprint density at radius 2 is 2.09 bits per heavy atom. The summed E-state index contributed by atoms with van der Waals surface area (Å²) in [6.45, 7) is 1.40. The summed E-state index contributed by atoms with van der Waals surface area (Å²) >= 11 is 0. The summed E-state index contributed by atoms with van der Waals surface area (Å²) in [5.74, 6) is -0.626. The quantitative estimate of drug-likeness (QED) is 0.568. The maximum Gasteiger partial charge on any atom is 0.325 e. The van der Waals surface area contributed by atoms with Gasteiger partial charge in [0.05, 0.1) is 11.4 Å². The van der Waals surface area contributed by atoms with Gasteiger partial charge in [-0.15, -0.1) is 0 Å². The minimum absolute atomic E-state index is 0.168. The highest BCUT2D eigenvalue weighted by Crippen LogP contribution is 2.42. The molecule has 1 atom stereocenters. The zero-order valence-corrected chi connectivity index (χ0v) is 12.3. The largest absolute Gasteiger partial charge is 0.397 e. The smallest absolute Gasteiger partial charge is 0.325 e. The number of carbonyl (C=O) groups is 3. The van der Waals surface area contributed by atoms with Crippen molar-refractivity contribution in [2.75, 3.05) is 17.6 Å². The van der Waals surface area contributed by atoms with Crippen molar-refractivity contribution in [2.45, 2.75) is 25.3 Å². The third kappa shape index (κ3) is 2.38. The highest BCUT2D eigenvalue weighted by molar-refractivity contribution is 6.10. The fourth-order valence-corrected chi connectivity index (χ4v) is 2.74. The number of nitrogens with zero attached hydrogens (tertiary/aromatic N) is 1. The van der Waals surface area contributed by atoms with E-state index >= 15 is 0 Å². The fourth-order valence-electron chi connectivity index (χ4n) is 2.74. The van der Waals surface area contributed by atoms with Crippen LogP contribution in [0.3, 0.4) is 0 Å². The zero-order valence-electron chi connectivity index (χ0n) is 12.3. The Labute approximate surface area is 127 Å². The number of rotatable bonds is 4. The summed E-state index contributed by atoms with van der Waals surface area (Å²) in [5.41, 5.74) is 5.77. The Hall–Kier alpha value is -2.57. The molecule has 0 aromatic heterocycles. The summed E-state index contributed by atoms with van der Waals surface area (Å²) < 4.78 is 0. The molecule has 0 spiro atoms. The Morgan fingerprint density at radius 3 is 2.73 bits per heavy atom. The van der Waals surface area contributed by atoms with Gasteiger partial charge in [0.15, 0.2) is 0 Å². The van der Waals surface area contributed by atoms with Crippen LogP contribution in [0.2, 0.25) is 0 Å². The second-order valence-corrected chi connectivity index (χ2v) is 5.93. The molecule has 116 valence electrons. The van der Waals surface area contributed by atoms with Gasteiger partial charge in [0.1, 0.15) is 12.1 Å². The van der Waals surface area contributed by atoms with E-state index in [-0.39, 0.29) is 18.4 Å². The van der Waals surface area contributed by atoms with Gasteiger partial charge in [0, 0.05) is 0 Å². The maximum absolute atomic E-state index is 12.4. The first-order chi connectivity index (χ1) is 10.4. The van der Waals surface area contributed by atoms with Crippen molar-refractivity contribution in [1.82, 2.24) is 10.2 Å². The van der Waals surface area contributed by atoms with E-state index in [1.54, 1.807) is 31.2 Å². The molecule has 2 aliphatic rings. The molecule has 1 aliphatic heterocycles. The van der Waals surface area contributed by atoms with Gasteiger partial charge in [-0.25, -0.2) is 4.79 Å². The Morgan fingerprint density at radius 1 is 1.41 bits per heavy atom. The molecule has 1 aromatic carbocycles. The number of hydrogen-bond acceptors (Lipinski definition) is 4. The van der Waals surface area contributed by atoms with Gasteiger partial charge in [0.25, 0.3) is 5.91 Å². The van der Waals surface area contributed by atoms with Gasteiger partial charge >= 0.3 is 6.03 Å². The predicted octanol–water partition coefficient (Wildman–Crippen LogP) is 0.928. The molecule has 1 heterocycles. The molecular formula is C15H18N4O3. The second kappa shape index (κ2) is 5.01. The van der Waals surface area contributed by atoms with Crippen molar-refractivity contribution < 1.29 is 14.4 Å². The highest BCUT2D eigenvalue weighted by atomic mass is 16.2. The van der Waals surface area contributed by atoms with Crippen molar-refractivity contribution in [3.05, 3.63) is 24.3 Å². The van der Waals surface area contributed by atoms with Crippen molar-refractivity contribution in [3.8, 4) is 0 Å². The summed E-state index contributed by atoms with van der Waals surface area (Å²) in [5, 5.41) is 5.32. The van der Waals surface area contributed by atoms with Crippen LogP contribution >= 0.6 is 0 Å². The first kappa shape index (κ1) is 14.4. The molecule has 7 heteroatoms. The monoisotopic (exact) mass is 302 g/mol. The summed E-state index contributed by atoms with van der Waals surface area (Å²) in [7, 11) is 0. The molecule has 1 aromatic rings. The van der Waals surface area contributed by atoms with Crippen LogP contribution in [-0.2, 0) is 9.59 Å². The number of benzene rings is 1. The lowest BCUT2D eigenvalue weighted by Gasteiger charge is -2.20. The number of hydrogen-bond donors (Lipinski definition) is 3. The van der Waals surface area contributed by atoms with E-state index < -0.39 is 17.5 Å². The van der Waals surface area contributed by atoms with Crippen LogP contribution in [0.4, 0.5) is 16.2 Å². The molecular weight excluding hydrogens is 284 g/mol. The SMILES string of the molecule is CC1(C2CC2)NC(=O)N(CC(=O)Nc2ccccc2N)C1=O. The number of carbonyl (C=O) groups excluding carboxylic acids is 3. The molecule has 1 saturated carbocycles. The summed E-state index contributed by atoms with van der Waals surface area (Å²) in [4.78, 5) is 37.4. The minimum atomic E-state index is -0.872. The van der Waals surface area contributed by atoms with Crippen LogP contribution in [0, 0.1) is 5.92 Å². The van der Waals surface area contributed by atoms with Gasteiger partial charge in [-0.1, -0.05) is 12.1 Å². The first-order valence-electron chi connectivity index (χ1n) is 7.20. The summed E-state index contributed by atoms with van der Waals surface area (Å²) in [6, 6.07) is 6.30. The van der Waals surface area contributed by atoms with E-state index in [4.69, 9.17) is 5.73 Å². The number of nitrogens with one attached hydrogen (secondary N) is 2. The molecule has 0 radical (unpaired) electrons. The third-order valence-electron chi connectivity index (χ3n) is 4.23. The van der Waals surface area contributed by atoms with Gasteiger partial charge in [-0.2, -0.15) is 0 Å². The average Bonchev–Trinajstić information content (AvgIpc) is 3.28. The Balaban J connectivity index is 1.68. The third-order valence-corrected chi connectivity index (χ3v) is 4.23. The van der Waals surface area contributed by atoms with Crippen molar-refractivity contribution in [2.24, 2.45) is 5.92 Å². The van der Waals surface area contributed by atoms with E-state index in [1.165, 1.54) is 0 Å². The van der Waals surface area contributed by atoms with Crippen LogP contribution in [0.1, 0.15) is 19.8 Å². The molecule has 1 saturated heterocycles. The van der Waals surface area contributed by atoms with Crippen molar-refractivity contribution in [3.63, 3.8) is 0 Å². The minimum Gasteiger partial charge on any atom is -0.397 e. The predicted molar refractivity (Wildman–Crippen MR) is 80.9 cm³/mol. The summed E-state index contributed by atoms with van der Waals surface area (Å²) in [6.07, 6.45) is 1.84. The van der Waals surface area contributed by atoms with Crippen LogP contribution in [0.5, 0.6) is 0 Å². The lowest BCUT2D eigenvalue weighted by Crippen LogP contribution is -2.46. The normalized spacial score (nSPS) is 24.3. The molecule has 1 unspecified atom stereocenters. The van der Waals surface area contributed by atoms with E-state index in [2.05, 4.69) is 10.6 Å². The number of para-hydroxylation sites is 2. The Kier molecular flexibility index (Phi) is 3.27. The van der Waals surface area contributed by atoms with Crippen LogP contribution < -0.4 is 16.4 Å². The fraction of sp³-hybridized carbons (Fsp3) is 0.400. The van der Waals surface area contributed by atoms with Crippen molar-refractivity contribution >= 4 is 29.2 Å². The first-order valence-corrected chi connectivity index (χ1v) is 7.20. The topological polar surface area (TPSA) is 105 Å². The van der Waals surface area contributed by atoms with E-state index in [0.29, 0.717) is 11.4 Å². The zero-order chi connectivity index (χ0) is 15.9. The number of imide groups is 1. The van der Waals surface area contributed by atoms with Gasteiger partial charge in [-0.3, -0.25) is 14.5 Å². The molecule has 3 rings (SSSR count). The van der Waals surface area contributed by atoms with Crippen LogP contribution in [0.25, 0.3) is 0 Å². The average molecular weight is 302 g/mol. The molecule has 22 heavy (non-hydrogen) atoms.